The third kappa shape index (κ3) is 76.8. The van der Waals surface area contributed by atoms with Gasteiger partial charge < -0.3 is 20.3 Å². The fraction of sp³-hybridized carbons (Fsp3) is 0.884. The van der Waals surface area contributed by atoms with Gasteiger partial charge in [0.15, 0.2) is 0 Å². The molecule has 3 N–H and O–H groups in total. The summed E-state index contributed by atoms with van der Waals surface area (Å²) in [6.07, 6.45) is 108. The van der Waals surface area contributed by atoms with Crippen LogP contribution in [0.4, 0.5) is 0 Å². The first-order chi connectivity index (χ1) is 45.5. The zero-order chi connectivity index (χ0) is 66.3. The van der Waals surface area contributed by atoms with E-state index in [0.29, 0.717) is 19.4 Å². The van der Waals surface area contributed by atoms with Crippen molar-refractivity contribution in [2.24, 2.45) is 0 Å². The number of nitrogens with one attached hydrogen (secondary N) is 1. The van der Waals surface area contributed by atoms with E-state index in [1.165, 1.54) is 385 Å². The molecule has 2 unspecified atom stereocenters. The number of carbonyl (C=O) groups is 2. The lowest BCUT2D eigenvalue weighted by Gasteiger charge is -2.20. The van der Waals surface area contributed by atoms with Gasteiger partial charge in [-0.25, -0.2) is 0 Å². The molecule has 0 aromatic rings. The lowest BCUT2D eigenvalue weighted by atomic mass is 10.0. The average molecular weight is 1290 g/mol. The molecule has 0 heterocycles. The molecule has 1 amide bonds. The van der Waals surface area contributed by atoms with Gasteiger partial charge in [0.2, 0.25) is 5.91 Å². The van der Waals surface area contributed by atoms with Crippen molar-refractivity contribution in [3.8, 4) is 0 Å². The highest BCUT2D eigenvalue weighted by Crippen LogP contribution is 2.20. The van der Waals surface area contributed by atoms with E-state index in [2.05, 4.69) is 55.6 Å². The number of unbranched alkanes of at least 4 members (excludes halogenated alkanes) is 62. The van der Waals surface area contributed by atoms with Crippen molar-refractivity contribution in [3.05, 3.63) is 48.6 Å². The van der Waals surface area contributed by atoms with E-state index in [4.69, 9.17) is 4.74 Å². The molecular formula is C86H163NO5. The van der Waals surface area contributed by atoms with E-state index < -0.39 is 12.1 Å². The van der Waals surface area contributed by atoms with Crippen molar-refractivity contribution >= 4 is 11.9 Å². The summed E-state index contributed by atoms with van der Waals surface area (Å²) in [5.74, 6) is -0.0520. The zero-order valence-corrected chi connectivity index (χ0v) is 62.3. The number of amides is 1. The number of hydrogen-bond acceptors (Lipinski definition) is 5. The number of carbonyl (C=O) groups excluding carboxylic acids is 2. The van der Waals surface area contributed by atoms with Crippen LogP contribution in [0.1, 0.15) is 463 Å². The van der Waals surface area contributed by atoms with E-state index in [0.717, 1.165) is 51.4 Å². The molecule has 6 nitrogen and oxygen atoms in total. The molecule has 2 atom stereocenters. The Bertz CT molecular complexity index is 1540. The van der Waals surface area contributed by atoms with Crippen molar-refractivity contribution in [1.82, 2.24) is 5.32 Å². The van der Waals surface area contributed by atoms with E-state index in [1.54, 1.807) is 6.08 Å². The molecule has 0 radical (unpaired) electrons. The smallest absolute Gasteiger partial charge is 0.305 e. The SMILES string of the molecule is CCCC/C=C\C/C=C\CCCCCCCC(=O)OCCCCCCCCCCCCCCCCCC/C=C\CCCCCCCCCCCCCCCCCCCC(=O)NC(CO)C(O)/C=C/CCCCCCCCCCCCCCCCCCCCCCCC. The molecule has 0 aromatic heterocycles. The van der Waals surface area contributed by atoms with Crippen LogP contribution in [0.3, 0.4) is 0 Å². The molecule has 92 heavy (non-hydrogen) atoms. The maximum absolute atomic E-state index is 12.6. The molecule has 0 aliphatic carbocycles. The summed E-state index contributed by atoms with van der Waals surface area (Å²) >= 11 is 0. The maximum atomic E-state index is 12.6. The van der Waals surface area contributed by atoms with Crippen LogP contribution >= 0.6 is 0 Å². The Balaban J connectivity index is 3.36. The summed E-state index contributed by atoms with van der Waals surface area (Å²) in [6, 6.07) is -0.627. The summed E-state index contributed by atoms with van der Waals surface area (Å²) in [7, 11) is 0. The third-order valence-electron chi connectivity index (χ3n) is 19.6. The predicted molar refractivity (Wildman–Crippen MR) is 407 cm³/mol. The van der Waals surface area contributed by atoms with Crippen molar-refractivity contribution in [1.29, 1.82) is 0 Å². The van der Waals surface area contributed by atoms with Crippen molar-refractivity contribution in [2.45, 2.75) is 475 Å². The highest BCUT2D eigenvalue weighted by Gasteiger charge is 2.18. The molecule has 0 aliphatic rings. The number of allylic oxidation sites excluding steroid dienone is 7. The van der Waals surface area contributed by atoms with Crippen molar-refractivity contribution < 1.29 is 24.5 Å². The number of rotatable bonds is 79. The third-order valence-corrected chi connectivity index (χ3v) is 19.6. The second-order valence-electron chi connectivity index (χ2n) is 28.8. The lowest BCUT2D eigenvalue weighted by Crippen LogP contribution is -2.45. The first-order valence-electron chi connectivity index (χ1n) is 41.9. The number of aliphatic hydroxyl groups excluding tert-OH is 2. The summed E-state index contributed by atoms with van der Waals surface area (Å²) < 4.78 is 5.49. The monoisotopic (exact) mass is 1290 g/mol. The molecule has 0 aliphatic heterocycles. The predicted octanol–water partition coefficient (Wildman–Crippen LogP) is 27.9. The first kappa shape index (κ1) is 89.8. The van der Waals surface area contributed by atoms with Crippen LogP contribution in [0.2, 0.25) is 0 Å². The topological polar surface area (TPSA) is 95.9 Å². The van der Waals surface area contributed by atoms with Crippen molar-refractivity contribution in [2.75, 3.05) is 13.2 Å². The molecule has 0 aromatic carbocycles. The van der Waals surface area contributed by atoms with E-state index in [-0.39, 0.29) is 18.5 Å². The molecule has 0 saturated heterocycles. The van der Waals surface area contributed by atoms with Gasteiger partial charge in [0.25, 0.3) is 0 Å². The fourth-order valence-electron chi connectivity index (χ4n) is 13.2. The van der Waals surface area contributed by atoms with Crippen LogP contribution in [-0.2, 0) is 14.3 Å². The van der Waals surface area contributed by atoms with Crippen LogP contribution in [0.5, 0.6) is 0 Å². The van der Waals surface area contributed by atoms with Gasteiger partial charge in [-0.15, -0.1) is 0 Å². The Morgan fingerprint density at radius 2 is 0.554 bits per heavy atom. The fourth-order valence-corrected chi connectivity index (χ4v) is 13.2. The van der Waals surface area contributed by atoms with Crippen LogP contribution < -0.4 is 5.32 Å². The Morgan fingerprint density at radius 1 is 0.304 bits per heavy atom. The van der Waals surface area contributed by atoms with Crippen LogP contribution in [0, 0.1) is 0 Å². The highest BCUT2D eigenvalue weighted by atomic mass is 16.5. The van der Waals surface area contributed by atoms with E-state index in [9.17, 15) is 19.8 Å². The number of aliphatic hydroxyl groups is 2. The summed E-state index contributed by atoms with van der Waals surface area (Å²) in [6.45, 7) is 4.91. The van der Waals surface area contributed by atoms with Gasteiger partial charge in [0, 0.05) is 12.8 Å². The second-order valence-corrected chi connectivity index (χ2v) is 28.8. The summed E-state index contributed by atoms with van der Waals surface area (Å²) in [5.41, 5.74) is 0. The average Bonchev–Trinajstić information content (AvgIpc) is 3.66. The molecule has 0 bridgehead atoms. The Labute approximate surface area is 576 Å². The van der Waals surface area contributed by atoms with E-state index >= 15 is 0 Å². The van der Waals surface area contributed by atoms with Gasteiger partial charge in [-0.2, -0.15) is 0 Å². The molecule has 0 fully saturated rings. The highest BCUT2D eigenvalue weighted by molar-refractivity contribution is 5.76. The first-order valence-corrected chi connectivity index (χ1v) is 41.9. The minimum Gasteiger partial charge on any atom is -0.466 e. The minimum atomic E-state index is -0.844. The lowest BCUT2D eigenvalue weighted by molar-refractivity contribution is -0.143. The summed E-state index contributed by atoms with van der Waals surface area (Å²) in [4.78, 5) is 24.6. The molecule has 0 rings (SSSR count). The molecule has 6 heteroatoms. The zero-order valence-electron chi connectivity index (χ0n) is 62.3. The maximum Gasteiger partial charge on any atom is 0.305 e. The van der Waals surface area contributed by atoms with Gasteiger partial charge in [-0.1, -0.05) is 416 Å². The van der Waals surface area contributed by atoms with Gasteiger partial charge >= 0.3 is 5.97 Å². The Hall–Kier alpha value is -2.18. The van der Waals surface area contributed by atoms with Crippen LogP contribution in [0.15, 0.2) is 48.6 Å². The quantitative estimate of drug-likeness (QED) is 0.0320. The van der Waals surface area contributed by atoms with Crippen LogP contribution in [0.25, 0.3) is 0 Å². The molecular weight excluding hydrogens is 1130 g/mol. The second kappa shape index (κ2) is 81.2. The standard InChI is InChI=1S/C86H163NO5/c1-3-5-7-9-11-13-15-17-19-20-21-22-23-39-42-45-48-51-54-58-62-66-70-74-78-84(89)83(82-88)87-85(90)79-75-71-67-63-59-55-52-49-46-43-40-37-35-33-31-29-27-25-24-26-28-30-32-34-36-38-41-44-47-50-53-57-61-65-69-73-77-81-92-86(91)80-76-72-68-64-60-56-18-16-14-12-10-8-6-4-2/h10,12,16,18,24,26,74,78,83-84,88-89H,3-9,11,13-15,17,19-23,25,27-73,75-77,79-82H2,1-2H3,(H,87,90)/b12-10-,18-16-,26-24-,78-74+. The molecule has 0 saturated carbocycles. The van der Waals surface area contributed by atoms with Crippen molar-refractivity contribution in [3.63, 3.8) is 0 Å². The van der Waals surface area contributed by atoms with Gasteiger partial charge in [0.1, 0.15) is 0 Å². The van der Waals surface area contributed by atoms with Crippen LogP contribution in [-0.4, -0.2) is 47.4 Å². The minimum absolute atomic E-state index is 0.00703. The van der Waals surface area contributed by atoms with E-state index in [1.807, 2.05) is 6.08 Å². The number of ether oxygens (including phenoxy) is 1. The normalized spacial score (nSPS) is 12.7. The largest absolute Gasteiger partial charge is 0.466 e. The Morgan fingerprint density at radius 3 is 0.870 bits per heavy atom. The molecule has 542 valence electrons. The number of esters is 1. The summed E-state index contributed by atoms with van der Waals surface area (Å²) in [5, 5.41) is 23.3. The molecule has 0 spiro atoms. The van der Waals surface area contributed by atoms with Gasteiger partial charge in [-0.05, 0) is 83.5 Å². The van der Waals surface area contributed by atoms with Gasteiger partial charge in [0.05, 0.1) is 25.4 Å². The van der Waals surface area contributed by atoms with Gasteiger partial charge in [-0.3, -0.25) is 9.59 Å². The number of hydrogen-bond donors (Lipinski definition) is 3. The Kier molecular flexibility index (Phi) is 79.3.